The van der Waals surface area contributed by atoms with Gasteiger partial charge in [-0.05, 0) is 12.8 Å². The quantitative estimate of drug-likeness (QED) is 0.435. The van der Waals surface area contributed by atoms with Crippen molar-refractivity contribution < 1.29 is 9.53 Å². The fourth-order valence-electron chi connectivity index (χ4n) is 0.880. The number of hydrogen-bond donors (Lipinski definition) is 0. The molecule has 0 aromatic carbocycles. The van der Waals surface area contributed by atoms with Gasteiger partial charge in [-0.1, -0.05) is 33.1 Å². The molecule has 0 N–H and O–H groups in total. The Hall–Kier alpha value is -0.530. The third-order valence-electron chi connectivity index (χ3n) is 1.64. The monoisotopic (exact) mass is 171 g/mol. The van der Waals surface area contributed by atoms with Gasteiger partial charge in [0, 0.05) is 6.42 Å². The molecule has 0 aliphatic carbocycles. The highest BCUT2D eigenvalue weighted by atomic mass is 16.5. The summed E-state index contributed by atoms with van der Waals surface area (Å²) in [6, 6.07) is 0. The Labute approximate surface area is 75.3 Å². The molecule has 0 bridgehead atoms. The third-order valence-corrected chi connectivity index (χ3v) is 1.64. The zero-order valence-corrected chi connectivity index (χ0v) is 7.97. The van der Waals surface area contributed by atoms with E-state index in [4.69, 9.17) is 4.74 Å². The standard InChI is InChI=1S/C10H19O2/c1-3-5-7-8-10(11)12-9-6-4-2/h2-9H2,1H3. The molecule has 0 spiro atoms. The summed E-state index contributed by atoms with van der Waals surface area (Å²) in [6.07, 6.45) is 5.50. The van der Waals surface area contributed by atoms with E-state index in [1.54, 1.807) is 0 Å². The molecule has 2 nitrogen and oxygen atoms in total. The summed E-state index contributed by atoms with van der Waals surface area (Å²) in [5.41, 5.74) is 0. The predicted octanol–water partition coefficient (Wildman–Crippen LogP) is 2.72. The van der Waals surface area contributed by atoms with Crippen LogP contribution < -0.4 is 0 Å². The van der Waals surface area contributed by atoms with E-state index in [1.165, 1.54) is 0 Å². The van der Waals surface area contributed by atoms with E-state index < -0.39 is 0 Å². The van der Waals surface area contributed by atoms with Gasteiger partial charge in [0.15, 0.2) is 0 Å². The average molecular weight is 171 g/mol. The number of carbonyl (C=O) groups excluding carboxylic acids is 1. The first-order valence-corrected chi connectivity index (χ1v) is 4.76. The molecule has 0 rings (SSSR count). The molecule has 0 aliphatic heterocycles. The lowest BCUT2D eigenvalue weighted by Gasteiger charge is -2.02. The number of rotatable bonds is 7. The fourth-order valence-corrected chi connectivity index (χ4v) is 0.880. The highest BCUT2D eigenvalue weighted by Crippen LogP contribution is 2.00. The highest BCUT2D eigenvalue weighted by Gasteiger charge is 2.00. The molecule has 0 amide bonds. The van der Waals surface area contributed by atoms with Crippen molar-refractivity contribution in [3.05, 3.63) is 6.92 Å². The van der Waals surface area contributed by atoms with Gasteiger partial charge >= 0.3 is 5.97 Å². The maximum absolute atomic E-state index is 11.0. The fraction of sp³-hybridized carbons (Fsp3) is 0.800. The second-order valence-electron chi connectivity index (χ2n) is 2.88. The number of esters is 1. The Kier molecular flexibility index (Phi) is 8.19. The van der Waals surface area contributed by atoms with Crippen LogP contribution in [0.4, 0.5) is 0 Å². The van der Waals surface area contributed by atoms with Crippen molar-refractivity contribution in [3.63, 3.8) is 0 Å². The molecular weight excluding hydrogens is 152 g/mol. The van der Waals surface area contributed by atoms with Crippen LogP contribution in [0.3, 0.4) is 0 Å². The summed E-state index contributed by atoms with van der Waals surface area (Å²) in [5.74, 6) is -0.0584. The first-order valence-electron chi connectivity index (χ1n) is 4.76. The Morgan fingerprint density at radius 1 is 1.33 bits per heavy atom. The third kappa shape index (κ3) is 7.58. The minimum absolute atomic E-state index is 0.0584. The van der Waals surface area contributed by atoms with Crippen LogP contribution in [-0.2, 0) is 9.53 Å². The SMILES string of the molecule is [CH2]CCCOC(=O)CCCCC. The normalized spacial score (nSPS) is 9.83. The summed E-state index contributed by atoms with van der Waals surface area (Å²) in [6.45, 7) is 6.32. The molecule has 0 aromatic rings. The Bertz CT molecular complexity index is 98.4. The summed E-state index contributed by atoms with van der Waals surface area (Å²) in [4.78, 5) is 11.0. The second kappa shape index (κ2) is 8.57. The van der Waals surface area contributed by atoms with Crippen LogP contribution in [0.25, 0.3) is 0 Å². The number of hydrogen-bond acceptors (Lipinski definition) is 2. The Morgan fingerprint density at radius 3 is 2.67 bits per heavy atom. The van der Waals surface area contributed by atoms with Crippen molar-refractivity contribution in [2.24, 2.45) is 0 Å². The molecule has 0 unspecified atom stereocenters. The van der Waals surface area contributed by atoms with Crippen LogP contribution >= 0.6 is 0 Å². The van der Waals surface area contributed by atoms with E-state index in [1.807, 2.05) is 0 Å². The van der Waals surface area contributed by atoms with Gasteiger partial charge in [0.2, 0.25) is 0 Å². The van der Waals surface area contributed by atoms with Crippen LogP contribution in [0.1, 0.15) is 45.4 Å². The van der Waals surface area contributed by atoms with Crippen LogP contribution in [-0.4, -0.2) is 12.6 Å². The first-order chi connectivity index (χ1) is 5.81. The number of unbranched alkanes of at least 4 members (excludes halogenated alkanes) is 3. The van der Waals surface area contributed by atoms with Crippen LogP contribution in [0, 0.1) is 6.92 Å². The topological polar surface area (TPSA) is 26.3 Å². The largest absolute Gasteiger partial charge is 0.466 e. The Morgan fingerprint density at radius 2 is 2.08 bits per heavy atom. The van der Waals surface area contributed by atoms with Gasteiger partial charge in [-0.25, -0.2) is 0 Å². The van der Waals surface area contributed by atoms with Crippen molar-refractivity contribution >= 4 is 5.97 Å². The van der Waals surface area contributed by atoms with E-state index in [0.29, 0.717) is 13.0 Å². The maximum atomic E-state index is 11.0. The number of carbonyl (C=O) groups is 1. The number of ether oxygens (including phenoxy) is 1. The molecule has 0 aliphatic rings. The summed E-state index contributed by atoms with van der Waals surface area (Å²) in [7, 11) is 0. The molecule has 1 radical (unpaired) electrons. The molecule has 2 heteroatoms. The molecular formula is C10H19O2. The minimum Gasteiger partial charge on any atom is -0.466 e. The molecule has 12 heavy (non-hydrogen) atoms. The van der Waals surface area contributed by atoms with E-state index in [-0.39, 0.29) is 5.97 Å². The zero-order chi connectivity index (χ0) is 9.23. The van der Waals surface area contributed by atoms with Crippen LogP contribution in [0.2, 0.25) is 0 Å². The molecule has 71 valence electrons. The van der Waals surface area contributed by atoms with Crippen LogP contribution in [0.5, 0.6) is 0 Å². The van der Waals surface area contributed by atoms with Gasteiger partial charge in [-0.2, -0.15) is 0 Å². The average Bonchev–Trinajstić information content (AvgIpc) is 2.06. The predicted molar refractivity (Wildman–Crippen MR) is 49.7 cm³/mol. The Balaban J connectivity index is 3.10. The van der Waals surface area contributed by atoms with Gasteiger partial charge in [-0.3, -0.25) is 4.79 Å². The van der Waals surface area contributed by atoms with Crippen molar-refractivity contribution in [2.75, 3.05) is 6.61 Å². The van der Waals surface area contributed by atoms with Gasteiger partial charge in [0.1, 0.15) is 0 Å². The second-order valence-corrected chi connectivity index (χ2v) is 2.88. The molecule has 0 fully saturated rings. The summed E-state index contributed by atoms with van der Waals surface area (Å²) < 4.78 is 4.95. The molecule has 0 aromatic heterocycles. The van der Waals surface area contributed by atoms with Gasteiger partial charge in [-0.15, -0.1) is 0 Å². The smallest absolute Gasteiger partial charge is 0.305 e. The summed E-state index contributed by atoms with van der Waals surface area (Å²) >= 11 is 0. The van der Waals surface area contributed by atoms with E-state index >= 15 is 0 Å². The first kappa shape index (κ1) is 11.5. The molecule has 0 saturated heterocycles. The van der Waals surface area contributed by atoms with Crippen molar-refractivity contribution in [1.82, 2.24) is 0 Å². The highest BCUT2D eigenvalue weighted by molar-refractivity contribution is 5.69. The van der Waals surface area contributed by atoms with Crippen molar-refractivity contribution in [1.29, 1.82) is 0 Å². The molecule has 0 atom stereocenters. The zero-order valence-electron chi connectivity index (χ0n) is 7.97. The molecule has 0 heterocycles. The minimum atomic E-state index is -0.0584. The maximum Gasteiger partial charge on any atom is 0.305 e. The van der Waals surface area contributed by atoms with E-state index in [2.05, 4.69) is 13.8 Å². The lowest BCUT2D eigenvalue weighted by molar-refractivity contribution is -0.143. The van der Waals surface area contributed by atoms with Gasteiger partial charge in [0.25, 0.3) is 0 Å². The molecule has 0 saturated carbocycles. The van der Waals surface area contributed by atoms with Crippen molar-refractivity contribution in [2.45, 2.75) is 45.4 Å². The van der Waals surface area contributed by atoms with Gasteiger partial charge < -0.3 is 4.74 Å². The lowest BCUT2D eigenvalue weighted by atomic mass is 10.2. The van der Waals surface area contributed by atoms with Crippen LogP contribution in [0.15, 0.2) is 0 Å². The van der Waals surface area contributed by atoms with Gasteiger partial charge in [0.05, 0.1) is 6.61 Å². The van der Waals surface area contributed by atoms with Crippen molar-refractivity contribution in [3.8, 4) is 0 Å². The van der Waals surface area contributed by atoms with E-state index in [0.717, 1.165) is 32.1 Å². The summed E-state index contributed by atoms with van der Waals surface area (Å²) in [5, 5.41) is 0. The van der Waals surface area contributed by atoms with E-state index in [9.17, 15) is 4.79 Å². The lowest BCUT2D eigenvalue weighted by Crippen LogP contribution is -2.05.